The molecule has 0 saturated heterocycles. The topological polar surface area (TPSA) is 324 Å². The van der Waals surface area contributed by atoms with E-state index in [1.54, 1.807) is 21.0 Å². The molecule has 15 saturated carbocycles. The first-order valence-electron chi connectivity index (χ1n) is 46.5. The smallest absolute Gasteiger partial charge is 0.373 e. The number of hydrogen-bond acceptors (Lipinski definition) is 18. The van der Waals surface area contributed by atoms with Crippen LogP contribution in [0.25, 0.3) is 0 Å². The zero-order chi connectivity index (χ0) is 85.2. The third kappa shape index (κ3) is 12.2. The molecule has 22 aliphatic carbocycles. The van der Waals surface area contributed by atoms with Crippen LogP contribution in [0.1, 0.15) is 220 Å². The van der Waals surface area contributed by atoms with E-state index >= 15 is 0 Å². The molecule has 0 aromatic rings. The fourth-order valence-electron chi connectivity index (χ4n) is 34.3. The molecule has 0 aliphatic heterocycles. The molecule has 22 aliphatic rings. The van der Waals surface area contributed by atoms with Gasteiger partial charge >= 0.3 is 24.2 Å². The summed E-state index contributed by atoms with van der Waals surface area (Å²) in [5.74, 6) is 19.6. The van der Waals surface area contributed by atoms with Crippen molar-refractivity contribution in [3.63, 3.8) is 0 Å². The Balaban J connectivity index is 0.000000113. The van der Waals surface area contributed by atoms with Crippen molar-refractivity contribution >= 4 is 24.2 Å². The van der Waals surface area contributed by atoms with Crippen molar-refractivity contribution in [1.82, 2.24) is 0 Å². The van der Waals surface area contributed by atoms with Gasteiger partial charge in [-0.15, -0.1) is 0 Å². The lowest BCUT2D eigenvalue weighted by atomic mass is 9.47. The van der Waals surface area contributed by atoms with Crippen molar-refractivity contribution < 1.29 is 68.1 Å². The van der Waals surface area contributed by atoms with Crippen molar-refractivity contribution in [2.75, 3.05) is 26.9 Å². The Hall–Kier alpha value is -4.52. The molecular weight excluding hydrogens is 1470 g/mol. The van der Waals surface area contributed by atoms with E-state index in [1.807, 2.05) is 32.9 Å². The maximum atomic E-state index is 13.3. The second-order valence-electron chi connectivity index (χ2n) is 43.0. The van der Waals surface area contributed by atoms with Gasteiger partial charge in [-0.25, -0.2) is 0 Å². The van der Waals surface area contributed by atoms with Crippen LogP contribution in [-0.2, 0) is 47.7 Å². The van der Waals surface area contributed by atoms with E-state index in [1.165, 1.54) is 51.4 Å². The molecule has 12 N–H and O–H groups in total. The number of allylic oxidation sites excluding steroid dienone is 8. The molecule has 0 radical (unpaired) electrons. The van der Waals surface area contributed by atoms with Crippen LogP contribution in [0.15, 0.2) is 85.1 Å². The highest BCUT2D eigenvalue weighted by Crippen LogP contribution is 2.81. The van der Waals surface area contributed by atoms with Gasteiger partial charge in [0.15, 0.2) is 0 Å². The highest BCUT2D eigenvalue weighted by atomic mass is 16.5. The molecule has 0 aromatic heterocycles. The number of fused-ring (bicyclic) bond motifs is 42. The summed E-state index contributed by atoms with van der Waals surface area (Å²) in [5.41, 5.74) is 21.0. The summed E-state index contributed by atoms with van der Waals surface area (Å²) in [4.78, 5) is 58.7. The van der Waals surface area contributed by atoms with E-state index in [4.69, 9.17) is 61.1 Å². The highest BCUT2D eigenvalue weighted by molar-refractivity contribution is 5.80. The van der Waals surface area contributed by atoms with Gasteiger partial charge in [0.25, 0.3) is 0 Å². The number of carbonyl (C=O) groups excluding carboxylic acids is 6. The minimum Gasteiger partial charge on any atom is -0.469 e. The van der Waals surface area contributed by atoms with Crippen molar-refractivity contribution in [2.24, 2.45) is 222 Å². The Bertz CT molecular complexity index is 3710. The fourth-order valence-corrected chi connectivity index (χ4v) is 34.3. The predicted molar refractivity (Wildman–Crippen MR) is 449 cm³/mol. The largest absolute Gasteiger partial charge is 0.469 e. The van der Waals surface area contributed by atoms with Gasteiger partial charge in [-0.3, -0.25) is 9.59 Å². The lowest BCUT2D eigenvalue weighted by Crippen LogP contribution is -2.69. The van der Waals surface area contributed by atoms with Crippen LogP contribution in [0.2, 0.25) is 0 Å². The summed E-state index contributed by atoms with van der Waals surface area (Å²) >= 11 is 0. The van der Waals surface area contributed by atoms with Crippen LogP contribution < -0.4 is 22.9 Å². The molecule has 15 fully saturated rings. The molecule has 0 spiro atoms. The van der Waals surface area contributed by atoms with Gasteiger partial charge in [0, 0.05) is 59.0 Å². The van der Waals surface area contributed by atoms with Crippen LogP contribution in [-0.4, -0.2) is 128 Å². The van der Waals surface area contributed by atoms with Crippen LogP contribution >= 0.6 is 0 Å². The Morgan fingerprint density at radius 2 is 0.615 bits per heavy atom. The summed E-state index contributed by atoms with van der Waals surface area (Å²) in [6.45, 7) is 37.6. The molecule has 18 heteroatoms. The molecule has 117 heavy (non-hydrogen) atoms. The maximum Gasteiger partial charge on any atom is 0.373 e. The monoisotopic (exact) mass is 1620 g/mol. The van der Waals surface area contributed by atoms with E-state index in [-0.39, 0.29) is 79.9 Å². The minimum atomic E-state index is -0.924. The summed E-state index contributed by atoms with van der Waals surface area (Å²) in [6.07, 6.45) is 52.5. The Morgan fingerprint density at radius 3 is 0.923 bits per heavy atom. The van der Waals surface area contributed by atoms with E-state index in [0.29, 0.717) is 102 Å². The minimum absolute atomic E-state index is 0.0760. The van der Waals surface area contributed by atoms with Gasteiger partial charge in [0.1, 0.15) is 0 Å². The second kappa shape index (κ2) is 31.3. The maximum absolute atomic E-state index is 13.3. The molecule has 22 bridgehead atoms. The average Bonchev–Trinajstić information content (AvgIpc) is 1.50. The number of hydrogen-bond donors (Lipinski definition) is 8. The van der Waals surface area contributed by atoms with Crippen molar-refractivity contribution in [2.45, 2.75) is 277 Å². The summed E-state index contributed by atoms with van der Waals surface area (Å²) < 4.78 is 22.5. The molecule has 0 heterocycles. The van der Waals surface area contributed by atoms with Crippen LogP contribution in [0.5, 0.6) is 0 Å². The van der Waals surface area contributed by atoms with Crippen LogP contribution in [0.3, 0.4) is 0 Å². The van der Waals surface area contributed by atoms with Gasteiger partial charge in [-0.05, 0) is 344 Å². The van der Waals surface area contributed by atoms with Gasteiger partial charge in [-0.2, -0.15) is 19.2 Å². The molecular formula is C99H150N4O14. The van der Waals surface area contributed by atoms with Crippen molar-refractivity contribution in [3.05, 3.63) is 85.1 Å². The molecule has 0 amide bonds. The van der Waals surface area contributed by atoms with E-state index in [9.17, 15) is 30.0 Å². The molecule has 43 unspecified atom stereocenters. The Labute approximate surface area is 700 Å². The summed E-state index contributed by atoms with van der Waals surface area (Å²) in [5, 5.41) is 41.0. The summed E-state index contributed by atoms with van der Waals surface area (Å²) in [6, 6.07) is 0. The van der Waals surface area contributed by atoms with Gasteiger partial charge in [0.2, 0.25) is 0 Å². The molecule has 22 rings (SSSR count). The molecule has 650 valence electrons. The number of esters is 2. The Kier molecular flexibility index (Phi) is 23.8. The van der Waals surface area contributed by atoms with Crippen LogP contribution in [0, 0.1) is 199 Å². The lowest BCUT2D eigenvalue weighted by molar-refractivity contribution is -0.193. The van der Waals surface area contributed by atoms with E-state index in [2.05, 4.69) is 156 Å². The third-order valence-corrected chi connectivity index (χ3v) is 40.6. The number of methoxy groups -OCH3 is 1. The number of nitrogens with two attached hydrogens (primary N) is 4. The second-order valence-corrected chi connectivity index (χ2v) is 43.0. The highest BCUT2D eigenvalue weighted by Gasteiger charge is 2.80. The number of carbonyl (C=O) groups is 2. The first-order valence-corrected chi connectivity index (χ1v) is 46.5. The van der Waals surface area contributed by atoms with Gasteiger partial charge in [-0.1, -0.05) is 127 Å². The standard InChI is InChI=1S/C21H32O2.C19H28O2.C14H22N2.C14H20O2.C11H18O2.C9H16N2.C9H14O2.2CO2/c1-5-20(6-2)15-12-16(21(20,7-3)19(22)23-8-4)18-14-10-9-13(11-14)17(15)18;1-5-18(3)13-10-14(19(18,6-2)17(20)21-4)16-12-8-7-11(9-12)15(13)16;2*1-13(15)9-6-10(14(13,2)16)12-8-4-3-7(5-8)11(9)12;1-3-12-10-8-5-6-9(7-8)11(10)13-4-2;2*1-8(10)6-3-4-7(5-6)9(8,2)11;2*2-1-3/h9-10,13-18H,5-8,11-12H2,1-4H3;7-8,11-16H,5-6,9-10H2,1-4H3;3-4,7-12H,5-6,15-16H2,1-2H3;3-4,7-12,15-16H,5-6H2,1-2H3;5-6,8-11H,3-4,7H2,1-2H3;3-4,6-7H,5,10-11H2,1-2H3;3-4,6-7,10-11H,5H2,1-2H3;;. The fraction of sp³-hybridized carbons (Fsp3) is 0.818. The van der Waals surface area contributed by atoms with E-state index in [0.717, 1.165) is 147 Å². The first-order chi connectivity index (χ1) is 55.2. The van der Waals surface area contributed by atoms with Gasteiger partial charge < -0.3 is 62.3 Å². The number of ether oxygens (including phenoxy) is 4. The predicted octanol–water partition coefficient (Wildman–Crippen LogP) is 14.1. The third-order valence-electron chi connectivity index (χ3n) is 40.6. The first kappa shape index (κ1) is 88.8. The number of rotatable bonds is 12. The number of aliphatic hydroxyl groups is 4. The van der Waals surface area contributed by atoms with Crippen molar-refractivity contribution in [3.8, 4) is 0 Å². The SMILES string of the molecule is CC1(N)C2C=CC(C2)C1(C)N.CC1(N)C2CC(C3C4C=CC(C4)C32)C1(C)N.CC1(O)C2C=CC(C2)C1(C)O.CC1(O)C2CC(C3C4C=CC(C4)C32)C1(C)O.CCC1(C)C2CC(C3C4C=CC(C4)C32)C1(CC)C(=O)OC.CCOC(=O)C1(CC)C2CC(C3C4C=CC(C4)C32)C1(CC)CC.CCOC1C2C=CC(C2)C1OCC.O=C=O.O=C=O. The van der Waals surface area contributed by atoms with Crippen LogP contribution in [0.4, 0.5) is 0 Å². The Morgan fingerprint density at radius 1 is 0.325 bits per heavy atom. The quantitative estimate of drug-likeness (QED) is 0.0511. The molecule has 18 nitrogen and oxygen atoms in total. The zero-order valence-corrected chi connectivity index (χ0v) is 74.2. The van der Waals surface area contributed by atoms with Gasteiger partial charge in [0.05, 0.1) is 59.2 Å². The average molecular weight is 1620 g/mol. The van der Waals surface area contributed by atoms with E-state index < -0.39 is 22.4 Å². The molecule has 43 atom stereocenters. The molecule has 0 aromatic carbocycles. The van der Waals surface area contributed by atoms with Crippen molar-refractivity contribution in [1.29, 1.82) is 0 Å². The summed E-state index contributed by atoms with van der Waals surface area (Å²) in [7, 11) is 1.58. The zero-order valence-electron chi connectivity index (χ0n) is 74.2. The lowest BCUT2D eigenvalue weighted by Gasteiger charge is -2.56. The normalized spacial score (nSPS) is 54.9.